The number of fused-ring (bicyclic) bond motifs is 1. The summed E-state index contributed by atoms with van der Waals surface area (Å²) >= 11 is 1.54. The van der Waals surface area contributed by atoms with Crippen LogP contribution in [0.15, 0.2) is 30.6 Å². The van der Waals surface area contributed by atoms with Crippen molar-refractivity contribution in [1.29, 1.82) is 0 Å². The molecule has 3 N–H and O–H groups in total. The van der Waals surface area contributed by atoms with Crippen LogP contribution in [0.5, 0.6) is 0 Å². The van der Waals surface area contributed by atoms with Crippen molar-refractivity contribution in [1.82, 2.24) is 15.0 Å². The van der Waals surface area contributed by atoms with Crippen LogP contribution < -0.4 is 5.32 Å². The Morgan fingerprint density at radius 3 is 2.69 bits per heavy atom. The smallest absolute Gasteiger partial charge is 0.185 e. The number of anilines is 1. The Kier molecular flexibility index (Phi) is 5.17. The van der Waals surface area contributed by atoms with Crippen molar-refractivity contribution in [3.8, 4) is 11.1 Å². The summed E-state index contributed by atoms with van der Waals surface area (Å²) in [7, 11) is 0. The van der Waals surface area contributed by atoms with Crippen molar-refractivity contribution < 1.29 is 14.9 Å². The maximum absolute atomic E-state index is 10.1. The molecule has 2 aromatic heterocycles. The van der Waals surface area contributed by atoms with E-state index in [0.29, 0.717) is 18.3 Å². The van der Waals surface area contributed by atoms with Crippen molar-refractivity contribution in [2.75, 3.05) is 5.32 Å². The molecule has 3 aromatic rings. The Balaban J connectivity index is 1.27. The highest BCUT2D eigenvalue weighted by Gasteiger charge is 2.30. The lowest BCUT2D eigenvalue weighted by Gasteiger charge is -2.14. The lowest BCUT2D eigenvalue weighted by atomic mass is 10.1. The Morgan fingerprint density at radius 2 is 1.97 bits per heavy atom. The van der Waals surface area contributed by atoms with Crippen molar-refractivity contribution in [2.45, 2.75) is 57.1 Å². The van der Waals surface area contributed by atoms with Crippen LogP contribution in [-0.2, 0) is 11.3 Å². The lowest BCUT2D eigenvalue weighted by molar-refractivity contribution is -0.0295. The molecule has 0 amide bonds. The average Bonchev–Trinajstić information content (AvgIpc) is 3.39. The molecular weight excluding hydrogens is 388 g/mol. The van der Waals surface area contributed by atoms with Gasteiger partial charge in [0.2, 0.25) is 0 Å². The first kappa shape index (κ1) is 18.9. The van der Waals surface area contributed by atoms with E-state index < -0.39 is 6.23 Å². The van der Waals surface area contributed by atoms with Crippen molar-refractivity contribution in [3.05, 3.63) is 36.4 Å². The highest BCUT2D eigenvalue weighted by Crippen LogP contribution is 2.35. The number of nitrogens with zero attached hydrogens (tertiary/aromatic N) is 3. The van der Waals surface area contributed by atoms with Crippen LogP contribution in [0.2, 0.25) is 0 Å². The summed E-state index contributed by atoms with van der Waals surface area (Å²) in [6.07, 6.45) is 7.47. The SMILES string of the molecule is OC(Nc1nc2ccc(-c3cnc(CO[C@H]4CCC[C@@H]4O)nc3)cc2s1)C1CC1. The van der Waals surface area contributed by atoms with Gasteiger partial charge in [0.25, 0.3) is 0 Å². The summed E-state index contributed by atoms with van der Waals surface area (Å²) < 4.78 is 6.80. The predicted molar refractivity (Wildman–Crippen MR) is 111 cm³/mol. The molecule has 0 spiro atoms. The quantitative estimate of drug-likeness (QED) is 0.512. The van der Waals surface area contributed by atoms with E-state index in [4.69, 9.17) is 4.74 Å². The standard InChI is InChI=1S/C21H24N4O3S/c26-16-2-1-3-17(16)28-11-19-22-9-14(10-23-19)13-6-7-15-18(8-13)29-21(24-15)25-20(27)12-4-5-12/h6-10,12,16-17,20,26-27H,1-5,11H2,(H,24,25)/t16-,17-,20?/m0/s1. The van der Waals surface area contributed by atoms with Crippen LogP contribution in [0.1, 0.15) is 37.9 Å². The van der Waals surface area contributed by atoms with Gasteiger partial charge in [0, 0.05) is 23.9 Å². The van der Waals surface area contributed by atoms with E-state index in [-0.39, 0.29) is 12.2 Å². The van der Waals surface area contributed by atoms with Gasteiger partial charge >= 0.3 is 0 Å². The molecule has 2 saturated carbocycles. The summed E-state index contributed by atoms with van der Waals surface area (Å²) in [6.45, 7) is 0.314. The Bertz CT molecular complexity index is 989. The van der Waals surface area contributed by atoms with Gasteiger partial charge in [-0.1, -0.05) is 17.4 Å². The fourth-order valence-electron chi connectivity index (χ4n) is 3.68. The van der Waals surface area contributed by atoms with E-state index in [0.717, 1.165) is 58.6 Å². The van der Waals surface area contributed by atoms with Gasteiger partial charge in [-0.2, -0.15) is 0 Å². The number of nitrogens with one attached hydrogen (secondary N) is 1. The number of rotatable bonds is 7. The summed E-state index contributed by atoms with van der Waals surface area (Å²) in [4.78, 5) is 13.4. The summed E-state index contributed by atoms with van der Waals surface area (Å²) in [6, 6.07) is 6.06. The number of aliphatic hydroxyl groups excluding tert-OH is 2. The van der Waals surface area contributed by atoms with E-state index in [9.17, 15) is 10.2 Å². The second-order valence-corrected chi connectivity index (χ2v) is 8.89. The summed E-state index contributed by atoms with van der Waals surface area (Å²) in [5.41, 5.74) is 2.86. The molecular formula is C21H24N4O3S. The highest BCUT2D eigenvalue weighted by molar-refractivity contribution is 7.22. The Labute approximate surface area is 172 Å². The molecule has 0 radical (unpaired) electrons. The maximum Gasteiger partial charge on any atom is 0.185 e. The normalized spacial score (nSPS) is 22.8. The van der Waals surface area contributed by atoms with E-state index in [1.165, 1.54) is 11.3 Å². The lowest BCUT2D eigenvalue weighted by Crippen LogP contribution is -2.22. The molecule has 2 aliphatic carbocycles. The van der Waals surface area contributed by atoms with E-state index in [1.54, 1.807) is 12.4 Å². The molecule has 8 heteroatoms. The van der Waals surface area contributed by atoms with Gasteiger partial charge in [-0.3, -0.25) is 0 Å². The number of aliphatic hydroxyl groups is 2. The number of thiazole rings is 1. The van der Waals surface area contributed by atoms with Crippen LogP contribution in [0.25, 0.3) is 21.3 Å². The molecule has 0 bridgehead atoms. The Morgan fingerprint density at radius 1 is 1.14 bits per heavy atom. The monoisotopic (exact) mass is 412 g/mol. The average molecular weight is 413 g/mol. The van der Waals surface area contributed by atoms with Gasteiger partial charge in [-0.15, -0.1) is 0 Å². The zero-order chi connectivity index (χ0) is 19.8. The number of ether oxygens (including phenoxy) is 1. The zero-order valence-electron chi connectivity index (χ0n) is 16.0. The van der Waals surface area contributed by atoms with Gasteiger partial charge < -0.3 is 20.3 Å². The molecule has 2 heterocycles. The molecule has 3 atom stereocenters. The third-order valence-corrected chi connectivity index (χ3v) is 6.56. The fraction of sp³-hybridized carbons (Fsp3) is 0.476. The highest BCUT2D eigenvalue weighted by atomic mass is 32.1. The second-order valence-electron chi connectivity index (χ2n) is 7.86. The number of aromatic nitrogens is 3. The van der Waals surface area contributed by atoms with Crippen LogP contribution in [0.3, 0.4) is 0 Å². The van der Waals surface area contributed by atoms with Crippen LogP contribution in [0, 0.1) is 5.92 Å². The molecule has 0 aliphatic heterocycles. The molecule has 1 aromatic carbocycles. The maximum atomic E-state index is 10.1. The topological polar surface area (TPSA) is 100 Å². The molecule has 152 valence electrons. The van der Waals surface area contributed by atoms with Crippen LogP contribution in [-0.4, -0.2) is 43.6 Å². The number of hydrogen-bond donors (Lipinski definition) is 3. The van der Waals surface area contributed by atoms with Crippen LogP contribution in [0.4, 0.5) is 5.13 Å². The van der Waals surface area contributed by atoms with Gasteiger partial charge in [0.05, 0.1) is 22.4 Å². The molecule has 2 aliphatic rings. The van der Waals surface area contributed by atoms with Gasteiger partial charge in [-0.25, -0.2) is 15.0 Å². The van der Waals surface area contributed by atoms with E-state index in [1.807, 2.05) is 12.1 Å². The van der Waals surface area contributed by atoms with E-state index in [2.05, 4.69) is 26.3 Å². The molecule has 0 saturated heterocycles. The van der Waals surface area contributed by atoms with Gasteiger partial charge in [0.15, 0.2) is 11.0 Å². The molecule has 7 nitrogen and oxygen atoms in total. The van der Waals surface area contributed by atoms with Gasteiger partial charge in [0.1, 0.15) is 12.8 Å². The third-order valence-electron chi connectivity index (χ3n) is 5.61. The molecule has 5 rings (SSSR count). The minimum Gasteiger partial charge on any atom is -0.390 e. The van der Waals surface area contributed by atoms with Crippen molar-refractivity contribution in [3.63, 3.8) is 0 Å². The minimum atomic E-state index is -0.511. The number of hydrogen-bond acceptors (Lipinski definition) is 8. The first-order chi connectivity index (χ1) is 14.2. The molecule has 1 unspecified atom stereocenters. The molecule has 2 fully saturated rings. The predicted octanol–water partition coefficient (Wildman–Crippen LogP) is 3.32. The number of benzene rings is 1. The van der Waals surface area contributed by atoms with Crippen LogP contribution >= 0.6 is 11.3 Å². The second kappa shape index (κ2) is 7.95. The largest absolute Gasteiger partial charge is 0.390 e. The third kappa shape index (κ3) is 4.25. The van der Waals surface area contributed by atoms with Crippen molar-refractivity contribution in [2.24, 2.45) is 5.92 Å². The van der Waals surface area contributed by atoms with Gasteiger partial charge in [-0.05, 0) is 49.8 Å². The fourth-order valence-corrected chi connectivity index (χ4v) is 4.62. The minimum absolute atomic E-state index is 0.103. The van der Waals surface area contributed by atoms with E-state index >= 15 is 0 Å². The first-order valence-electron chi connectivity index (χ1n) is 10.1. The van der Waals surface area contributed by atoms with Crippen molar-refractivity contribution >= 4 is 26.7 Å². The zero-order valence-corrected chi connectivity index (χ0v) is 16.8. The summed E-state index contributed by atoms with van der Waals surface area (Å²) in [5.74, 6) is 0.974. The molecule has 29 heavy (non-hydrogen) atoms. The first-order valence-corrected chi connectivity index (χ1v) is 10.9. The summed E-state index contributed by atoms with van der Waals surface area (Å²) in [5, 5.41) is 23.8. The Hall–Kier alpha value is -2.13.